The van der Waals surface area contributed by atoms with Crippen molar-refractivity contribution in [3.63, 3.8) is 0 Å². The normalized spacial score (nSPS) is 14.8. The van der Waals surface area contributed by atoms with Crippen LogP contribution in [0.15, 0.2) is 40.9 Å². The fourth-order valence-electron chi connectivity index (χ4n) is 2.06. The van der Waals surface area contributed by atoms with Crippen LogP contribution in [0, 0.1) is 0 Å². The maximum Gasteiger partial charge on any atom is 0.220 e. The number of rotatable bonds is 6. The molecule has 0 fully saturated rings. The van der Waals surface area contributed by atoms with Crippen LogP contribution < -0.4 is 5.32 Å². The van der Waals surface area contributed by atoms with E-state index >= 15 is 0 Å². The molecule has 0 saturated heterocycles. The van der Waals surface area contributed by atoms with E-state index in [2.05, 4.69) is 38.3 Å². The van der Waals surface area contributed by atoms with Crippen LogP contribution in [0.1, 0.15) is 12.0 Å². The van der Waals surface area contributed by atoms with Crippen molar-refractivity contribution in [3.8, 4) is 0 Å². The summed E-state index contributed by atoms with van der Waals surface area (Å²) in [6, 6.07) is 8.11. The van der Waals surface area contributed by atoms with Crippen LogP contribution in [0.5, 0.6) is 0 Å². The molecule has 1 aliphatic rings. The number of carbonyl (C=O) groups is 1. The second-order valence-corrected chi connectivity index (χ2v) is 5.62. The standard InChI is InChI=1S/C15H19BrN2O/c16-14-6-3-13(4-7-14)5-8-15(19)17-9-12-18-10-1-2-11-18/h1-4,6-7H,5,8-12H2,(H,17,19). The van der Waals surface area contributed by atoms with E-state index in [4.69, 9.17) is 0 Å². The molecule has 102 valence electrons. The zero-order chi connectivity index (χ0) is 13.5. The molecular formula is C15H19BrN2O. The second-order valence-electron chi connectivity index (χ2n) is 4.71. The molecule has 1 aromatic carbocycles. The summed E-state index contributed by atoms with van der Waals surface area (Å²) in [7, 11) is 0. The van der Waals surface area contributed by atoms with Gasteiger partial charge in [0.25, 0.3) is 0 Å². The highest BCUT2D eigenvalue weighted by Crippen LogP contribution is 2.11. The van der Waals surface area contributed by atoms with E-state index in [1.54, 1.807) is 0 Å². The summed E-state index contributed by atoms with van der Waals surface area (Å²) in [6.07, 6.45) is 5.68. The van der Waals surface area contributed by atoms with Crippen molar-refractivity contribution >= 4 is 21.8 Å². The fraction of sp³-hybridized carbons (Fsp3) is 0.400. The first-order valence-corrected chi connectivity index (χ1v) is 7.42. The van der Waals surface area contributed by atoms with E-state index in [-0.39, 0.29) is 5.91 Å². The first-order valence-electron chi connectivity index (χ1n) is 6.62. The van der Waals surface area contributed by atoms with Gasteiger partial charge in [-0.3, -0.25) is 9.69 Å². The maximum absolute atomic E-state index is 11.7. The summed E-state index contributed by atoms with van der Waals surface area (Å²) >= 11 is 3.40. The van der Waals surface area contributed by atoms with E-state index in [0.717, 1.165) is 37.1 Å². The van der Waals surface area contributed by atoms with Crippen molar-refractivity contribution in [2.75, 3.05) is 26.2 Å². The largest absolute Gasteiger partial charge is 0.355 e. The van der Waals surface area contributed by atoms with Gasteiger partial charge in [0.15, 0.2) is 0 Å². The monoisotopic (exact) mass is 322 g/mol. The average molecular weight is 323 g/mol. The van der Waals surface area contributed by atoms with Crippen LogP contribution in [0.2, 0.25) is 0 Å². The minimum Gasteiger partial charge on any atom is -0.355 e. The van der Waals surface area contributed by atoms with E-state index in [9.17, 15) is 4.79 Å². The van der Waals surface area contributed by atoms with Crippen LogP contribution in [-0.4, -0.2) is 37.0 Å². The lowest BCUT2D eigenvalue weighted by Crippen LogP contribution is -2.33. The Morgan fingerprint density at radius 2 is 1.89 bits per heavy atom. The number of nitrogens with zero attached hydrogens (tertiary/aromatic N) is 1. The number of halogens is 1. The van der Waals surface area contributed by atoms with Gasteiger partial charge >= 0.3 is 0 Å². The number of hydrogen-bond donors (Lipinski definition) is 1. The van der Waals surface area contributed by atoms with Crippen molar-refractivity contribution in [1.82, 2.24) is 10.2 Å². The third kappa shape index (κ3) is 5.17. The van der Waals surface area contributed by atoms with E-state index in [0.29, 0.717) is 6.42 Å². The van der Waals surface area contributed by atoms with Crippen molar-refractivity contribution in [2.24, 2.45) is 0 Å². The Kier molecular flexibility index (Phi) is 5.61. The average Bonchev–Trinajstić information content (AvgIpc) is 2.91. The number of carbonyl (C=O) groups excluding carboxylic acids is 1. The van der Waals surface area contributed by atoms with E-state index in [1.165, 1.54) is 5.56 Å². The van der Waals surface area contributed by atoms with Crippen molar-refractivity contribution in [2.45, 2.75) is 12.8 Å². The van der Waals surface area contributed by atoms with Gasteiger partial charge in [-0.05, 0) is 24.1 Å². The predicted octanol–water partition coefficient (Wildman–Crippen LogP) is 2.37. The molecule has 0 atom stereocenters. The molecule has 1 aromatic rings. The molecule has 0 saturated carbocycles. The van der Waals surface area contributed by atoms with E-state index in [1.807, 2.05) is 24.3 Å². The molecule has 0 aromatic heterocycles. The molecule has 0 unspecified atom stereocenters. The summed E-state index contributed by atoms with van der Waals surface area (Å²) in [5, 5.41) is 2.97. The van der Waals surface area contributed by atoms with Crippen molar-refractivity contribution in [3.05, 3.63) is 46.5 Å². The summed E-state index contributed by atoms with van der Waals surface area (Å²) < 4.78 is 1.07. The Balaban J connectivity index is 1.60. The van der Waals surface area contributed by atoms with Gasteiger partial charge in [0, 0.05) is 37.1 Å². The molecule has 2 rings (SSSR count). The molecule has 0 bridgehead atoms. The Bertz CT molecular complexity index is 434. The zero-order valence-electron chi connectivity index (χ0n) is 10.9. The lowest BCUT2D eigenvalue weighted by atomic mass is 10.1. The molecule has 1 aliphatic heterocycles. The molecular weight excluding hydrogens is 304 g/mol. The quantitative estimate of drug-likeness (QED) is 0.815. The van der Waals surface area contributed by atoms with Gasteiger partial charge in [0.1, 0.15) is 0 Å². The zero-order valence-corrected chi connectivity index (χ0v) is 12.5. The topological polar surface area (TPSA) is 32.3 Å². The number of benzene rings is 1. The summed E-state index contributed by atoms with van der Waals surface area (Å²) in [5.41, 5.74) is 1.20. The smallest absolute Gasteiger partial charge is 0.220 e. The Labute approximate surface area is 122 Å². The SMILES string of the molecule is O=C(CCc1ccc(Br)cc1)NCCN1CC=CC1. The summed E-state index contributed by atoms with van der Waals surface area (Å²) in [6.45, 7) is 3.68. The summed E-state index contributed by atoms with van der Waals surface area (Å²) in [4.78, 5) is 14.0. The molecule has 1 heterocycles. The molecule has 0 spiro atoms. The van der Waals surface area contributed by atoms with Gasteiger partial charge in [-0.2, -0.15) is 0 Å². The number of nitrogens with one attached hydrogen (secondary N) is 1. The fourth-order valence-corrected chi connectivity index (χ4v) is 2.32. The molecule has 0 aliphatic carbocycles. The van der Waals surface area contributed by atoms with Gasteiger partial charge in [0.05, 0.1) is 0 Å². The number of hydrogen-bond acceptors (Lipinski definition) is 2. The second kappa shape index (κ2) is 7.46. The molecule has 3 nitrogen and oxygen atoms in total. The van der Waals surface area contributed by atoms with Crippen molar-refractivity contribution in [1.29, 1.82) is 0 Å². The third-order valence-electron chi connectivity index (χ3n) is 3.20. The van der Waals surface area contributed by atoms with Gasteiger partial charge in [-0.15, -0.1) is 0 Å². The van der Waals surface area contributed by atoms with Crippen LogP contribution in [0.4, 0.5) is 0 Å². The molecule has 4 heteroatoms. The van der Waals surface area contributed by atoms with Crippen LogP contribution >= 0.6 is 15.9 Å². The molecule has 1 amide bonds. The Hall–Kier alpha value is -1.13. The third-order valence-corrected chi connectivity index (χ3v) is 3.73. The van der Waals surface area contributed by atoms with Crippen LogP contribution in [-0.2, 0) is 11.2 Å². The highest BCUT2D eigenvalue weighted by atomic mass is 79.9. The van der Waals surface area contributed by atoms with Crippen molar-refractivity contribution < 1.29 is 4.79 Å². The Morgan fingerprint density at radius 1 is 1.21 bits per heavy atom. The van der Waals surface area contributed by atoms with Gasteiger partial charge in [-0.25, -0.2) is 0 Å². The minimum atomic E-state index is 0.134. The number of aryl methyl sites for hydroxylation is 1. The molecule has 0 radical (unpaired) electrons. The number of amides is 1. The van der Waals surface area contributed by atoms with Gasteiger partial charge in [-0.1, -0.05) is 40.2 Å². The summed E-state index contributed by atoms with van der Waals surface area (Å²) in [5.74, 6) is 0.134. The molecule has 1 N–H and O–H groups in total. The predicted molar refractivity (Wildman–Crippen MR) is 81.1 cm³/mol. The minimum absolute atomic E-state index is 0.134. The van der Waals surface area contributed by atoms with Crippen LogP contribution in [0.3, 0.4) is 0 Å². The van der Waals surface area contributed by atoms with Gasteiger partial charge in [0.2, 0.25) is 5.91 Å². The van der Waals surface area contributed by atoms with E-state index < -0.39 is 0 Å². The Morgan fingerprint density at radius 3 is 2.58 bits per heavy atom. The van der Waals surface area contributed by atoms with Gasteiger partial charge < -0.3 is 5.32 Å². The lowest BCUT2D eigenvalue weighted by molar-refractivity contribution is -0.121. The first-order chi connectivity index (χ1) is 9.24. The highest BCUT2D eigenvalue weighted by Gasteiger charge is 2.06. The molecule has 19 heavy (non-hydrogen) atoms. The highest BCUT2D eigenvalue weighted by molar-refractivity contribution is 9.10. The lowest BCUT2D eigenvalue weighted by Gasteiger charge is -2.14. The van der Waals surface area contributed by atoms with Crippen LogP contribution in [0.25, 0.3) is 0 Å². The maximum atomic E-state index is 11.7. The first kappa shape index (κ1) is 14.3.